The van der Waals surface area contributed by atoms with Crippen molar-refractivity contribution in [3.8, 4) is 0 Å². The van der Waals surface area contributed by atoms with Crippen molar-refractivity contribution in [1.29, 1.82) is 0 Å². The van der Waals surface area contributed by atoms with Gasteiger partial charge in [-0.2, -0.15) is 0 Å². The first-order valence-corrected chi connectivity index (χ1v) is 16.6. The molecule has 0 bridgehead atoms. The van der Waals surface area contributed by atoms with Gasteiger partial charge in [-0.3, -0.25) is 13.9 Å². The third-order valence-corrected chi connectivity index (χ3v) is 9.67. The van der Waals surface area contributed by atoms with Crippen LogP contribution >= 0.6 is 23.2 Å². The predicted molar refractivity (Wildman–Crippen MR) is 176 cm³/mol. The van der Waals surface area contributed by atoms with E-state index in [1.807, 2.05) is 44.2 Å². The summed E-state index contributed by atoms with van der Waals surface area (Å²) in [6.45, 7) is 3.11. The van der Waals surface area contributed by atoms with Crippen molar-refractivity contribution in [2.24, 2.45) is 0 Å². The maximum Gasteiger partial charge on any atom is 0.264 e. The van der Waals surface area contributed by atoms with Crippen molar-refractivity contribution < 1.29 is 22.4 Å². The Balaban J connectivity index is 1.81. The zero-order chi connectivity index (χ0) is 32.6. The summed E-state index contributed by atoms with van der Waals surface area (Å²) < 4.78 is 43.0. The summed E-state index contributed by atoms with van der Waals surface area (Å²) in [7, 11) is -4.33. The molecule has 0 aliphatic heterocycles. The van der Waals surface area contributed by atoms with Crippen LogP contribution in [0.15, 0.2) is 108 Å². The van der Waals surface area contributed by atoms with Gasteiger partial charge in [0.25, 0.3) is 10.0 Å². The second-order valence-electron chi connectivity index (χ2n) is 10.6. The van der Waals surface area contributed by atoms with Gasteiger partial charge < -0.3 is 10.2 Å². The minimum absolute atomic E-state index is 0.00582. The minimum Gasteiger partial charge on any atom is -0.352 e. The van der Waals surface area contributed by atoms with Crippen LogP contribution in [0.5, 0.6) is 0 Å². The molecule has 45 heavy (non-hydrogen) atoms. The van der Waals surface area contributed by atoms with Gasteiger partial charge in [-0.1, -0.05) is 90.8 Å². The molecule has 2 amide bonds. The van der Waals surface area contributed by atoms with Crippen molar-refractivity contribution in [3.63, 3.8) is 0 Å². The van der Waals surface area contributed by atoms with E-state index in [-0.39, 0.29) is 40.5 Å². The molecule has 2 atom stereocenters. The van der Waals surface area contributed by atoms with Crippen molar-refractivity contribution in [3.05, 3.63) is 130 Å². The van der Waals surface area contributed by atoms with Gasteiger partial charge in [0.15, 0.2) is 0 Å². The molecule has 1 N–H and O–H groups in total. The highest BCUT2D eigenvalue weighted by Gasteiger charge is 2.35. The molecule has 0 saturated heterocycles. The van der Waals surface area contributed by atoms with E-state index in [2.05, 4.69) is 5.32 Å². The molecule has 0 fully saturated rings. The lowest BCUT2D eigenvalue weighted by atomic mass is 10.0. The normalized spacial score (nSPS) is 12.6. The maximum absolute atomic E-state index is 14.4. The standard InChI is InChI=1S/C34H34Cl2FN3O4S/c1-3-24(2)38-34(42)32(20-25-10-6-4-7-11-25)39(22-26-14-16-27(35)17-15-26)33(41)23-40(28-18-19-31(37)30(36)21-28)45(43,44)29-12-8-5-9-13-29/h4-19,21,24,32H,3,20,22-23H2,1-2H3,(H,38,42)/t24-,32-/m0/s1. The number of rotatable bonds is 13. The maximum atomic E-state index is 14.4. The number of carbonyl (C=O) groups is 2. The Kier molecular flexibility index (Phi) is 11.6. The fraction of sp³-hybridized carbons (Fsp3) is 0.235. The van der Waals surface area contributed by atoms with E-state index in [1.165, 1.54) is 23.1 Å². The summed E-state index contributed by atoms with van der Waals surface area (Å²) >= 11 is 12.2. The smallest absolute Gasteiger partial charge is 0.264 e. The number of anilines is 1. The lowest BCUT2D eigenvalue weighted by Gasteiger charge is -2.34. The number of sulfonamides is 1. The van der Waals surface area contributed by atoms with Gasteiger partial charge in [0.2, 0.25) is 11.8 Å². The van der Waals surface area contributed by atoms with Crippen molar-refractivity contribution in [2.45, 2.75) is 50.2 Å². The molecule has 0 spiro atoms. The summed E-state index contributed by atoms with van der Waals surface area (Å²) in [6.07, 6.45) is 0.847. The van der Waals surface area contributed by atoms with Gasteiger partial charge in [-0.05, 0) is 66.9 Å². The first-order chi connectivity index (χ1) is 21.5. The molecule has 0 aromatic heterocycles. The molecule has 4 rings (SSSR count). The predicted octanol–water partition coefficient (Wildman–Crippen LogP) is 6.88. The molecule has 7 nitrogen and oxygen atoms in total. The molecule has 0 aliphatic rings. The van der Waals surface area contributed by atoms with Gasteiger partial charge in [0, 0.05) is 24.0 Å². The third kappa shape index (κ3) is 8.84. The van der Waals surface area contributed by atoms with E-state index >= 15 is 0 Å². The van der Waals surface area contributed by atoms with E-state index in [9.17, 15) is 22.4 Å². The highest BCUT2D eigenvalue weighted by Crippen LogP contribution is 2.28. The molecule has 0 radical (unpaired) electrons. The van der Waals surface area contributed by atoms with Crippen LogP contribution in [-0.2, 0) is 32.6 Å². The Morgan fingerprint density at radius 2 is 1.49 bits per heavy atom. The Morgan fingerprint density at radius 3 is 2.09 bits per heavy atom. The number of nitrogens with zero attached hydrogens (tertiary/aromatic N) is 2. The minimum atomic E-state index is -4.33. The Bertz CT molecular complexity index is 1710. The van der Waals surface area contributed by atoms with E-state index in [4.69, 9.17) is 23.2 Å². The van der Waals surface area contributed by atoms with Crippen molar-refractivity contribution >= 4 is 50.7 Å². The number of benzene rings is 4. The van der Waals surface area contributed by atoms with Gasteiger partial charge in [-0.25, -0.2) is 12.8 Å². The monoisotopic (exact) mass is 669 g/mol. The number of hydrogen-bond acceptors (Lipinski definition) is 4. The van der Waals surface area contributed by atoms with Gasteiger partial charge in [0.1, 0.15) is 18.4 Å². The number of amides is 2. The number of halogens is 3. The number of carbonyl (C=O) groups excluding carboxylic acids is 2. The fourth-order valence-corrected chi connectivity index (χ4v) is 6.40. The summed E-state index contributed by atoms with van der Waals surface area (Å²) in [6, 6.07) is 26.0. The summed E-state index contributed by atoms with van der Waals surface area (Å²) in [5.74, 6) is -1.76. The molecule has 4 aromatic carbocycles. The Hall–Kier alpha value is -3.92. The summed E-state index contributed by atoms with van der Waals surface area (Å²) in [5, 5.41) is 3.19. The van der Waals surface area contributed by atoms with Gasteiger partial charge >= 0.3 is 0 Å². The average Bonchev–Trinajstić information content (AvgIpc) is 3.04. The van der Waals surface area contributed by atoms with E-state index < -0.39 is 34.3 Å². The molecular weight excluding hydrogens is 636 g/mol. The Labute approximate surface area is 273 Å². The fourth-order valence-electron chi connectivity index (χ4n) is 4.67. The molecule has 236 valence electrons. The third-order valence-electron chi connectivity index (χ3n) is 7.34. The number of nitrogens with one attached hydrogen (secondary N) is 1. The van der Waals surface area contributed by atoms with Crippen LogP contribution in [0.1, 0.15) is 31.4 Å². The number of hydrogen-bond donors (Lipinski definition) is 1. The zero-order valence-electron chi connectivity index (χ0n) is 24.9. The zero-order valence-corrected chi connectivity index (χ0v) is 27.2. The lowest BCUT2D eigenvalue weighted by Crippen LogP contribution is -2.54. The molecular formula is C34H34Cl2FN3O4S. The Morgan fingerprint density at radius 1 is 0.867 bits per heavy atom. The molecule has 4 aromatic rings. The largest absolute Gasteiger partial charge is 0.352 e. The summed E-state index contributed by atoms with van der Waals surface area (Å²) in [5.41, 5.74) is 1.49. The van der Waals surface area contributed by atoms with Crippen molar-refractivity contribution in [2.75, 3.05) is 10.8 Å². The van der Waals surface area contributed by atoms with E-state index in [1.54, 1.807) is 42.5 Å². The van der Waals surface area contributed by atoms with E-state index in [0.717, 1.165) is 22.0 Å². The first kappa shape index (κ1) is 34.0. The van der Waals surface area contributed by atoms with Crippen LogP contribution in [0.2, 0.25) is 10.0 Å². The molecule has 0 unspecified atom stereocenters. The van der Waals surface area contributed by atoms with E-state index in [0.29, 0.717) is 17.0 Å². The van der Waals surface area contributed by atoms with Crippen molar-refractivity contribution in [1.82, 2.24) is 10.2 Å². The van der Waals surface area contributed by atoms with Crippen LogP contribution in [-0.4, -0.2) is 43.8 Å². The molecule has 11 heteroatoms. The second kappa shape index (κ2) is 15.4. The lowest BCUT2D eigenvalue weighted by molar-refractivity contribution is -0.140. The topological polar surface area (TPSA) is 86.8 Å². The van der Waals surface area contributed by atoms with Crippen LogP contribution in [0.3, 0.4) is 0 Å². The van der Waals surface area contributed by atoms with Crippen LogP contribution in [0.4, 0.5) is 10.1 Å². The van der Waals surface area contributed by atoms with Gasteiger partial charge in [-0.15, -0.1) is 0 Å². The molecule has 0 heterocycles. The second-order valence-corrected chi connectivity index (χ2v) is 13.3. The van der Waals surface area contributed by atoms with Crippen LogP contribution < -0.4 is 9.62 Å². The quantitative estimate of drug-likeness (QED) is 0.168. The van der Waals surface area contributed by atoms with Crippen LogP contribution in [0, 0.1) is 5.82 Å². The summed E-state index contributed by atoms with van der Waals surface area (Å²) in [4.78, 5) is 29.6. The highest BCUT2D eigenvalue weighted by molar-refractivity contribution is 7.92. The van der Waals surface area contributed by atoms with Gasteiger partial charge in [0.05, 0.1) is 15.6 Å². The first-order valence-electron chi connectivity index (χ1n) is 14.4. The highest BCUT2D eigenvalue weighted by atomic mass is 35.5. The molecule has 0 saturated carbocycles. The van der Waals surface area contributed by atoms with Crippen LogP contribution in [0.25, 0.3) is 0 Å². The SMILES string of the molecule is CC[C@H](C)NC(=O)[C@H](Cc1ccccc1)N(Cc1ccc(Cl)cc1)C(=O)CN(c1ccc(F)c(Cl)c1)S(=O)(=O)c1ccccc1. The molecule has 0 aliphatic carbocycles. The average molecular weight is 671 g/mol.